The van der Waals surface area contributed by atoms with Crippen molar-refractivity contribution >= 4 is 17.5 Å². The highest BCUT2D eigenvalue weighted by atomic mass is 19.1. The van der Waals surface area contributed by atoms with Crippen molar-refractivity contribution in [3.8, 4) is 0 Å². The fraction of sp³-hybridized carbons (Fsp3) is 0.333. The van der Waals surface area contributed by atoms with Crippen LogP contribution in [0.5, 0.6) is 0 Å². The second-order valence-electron chi connectivity index (χ2n) is 4.10. The second kappa shape index (κ2) is 4.72. The monoisotopic (exact) mass is 254 g/mol. The van der Waals surface area contributed by atoms with E-state index in [1.54, 1.807) is 0 Å². The second-order valence-corrected chi connectivity index (χ2v) is 4.10. The number of nitrogens with zero attached hydrogens (tertiary/aromatic N) is 1. The first-order chi connectivity index (χ1) is 8.50. The topological polar surface area (TPSA) is 49.4 Å². The van der Waals surface area contributed by atoms with Crippen molar-refractivity contribution in [1.82, 2.24) is 5.32 Å². The number of anilines is 1. The molecule has 6 heteroatoms. The van der Waals surface area contributed by atoms with Gasteiger partial charge in [0, 0.05) is 13.0 Å². The maximum Gasteiger partial charge on any atom is 0.249 e. The number of hydrogen-bond acceptors (Lipinski definition) is 2. The van der Waals surface area contributed by atoms with Crippen molar-refractivity contribution in [3.05, 3.63) is 29.8 Å². The number of carbonyl (C=O) groups excluding carboxylic acids is 2. The quantitative estimate of drug-likeness (QED) is 0.818. The highest BCUT2D eigenvalue weighted by Gasteiger charge is 2.30. The van der Waals surface area contributed by atoms with Crippen LogP contribution in [-0.2, 0) is 9.59 Å². The van der Waals surface area contributed by atoms with Gasteiger partial charge in [-0.1, -0.05) is 6.07 Å². The summed E-state index contributed by atoms with van der Waals surface area (Å²) in [5.41, 5.74) is -0.397. The van der Waals surface area contributed by atoms with Gasteiger partial charge in [0.15, 0.2) is 0 Å². The molecule has 0 spiro atoms. The molecule has 1 heterocycles. The van der Waals surface area contributed by atoms with E-state index >= 15 is 0 Å². The number of nitrogens with one attached hydrogen (secondary N) is 1. The Morgan fingerprint density at radius 1 is 1.28 bits per heavy atom. The summed E-state index contributed by atoms with van der Waals surface area (Å²) in [4.78, 5) is 24.3. The standard InChI is InChI=1S/C12H12F2N2O2/c1-7-12(18)16(6-5-10(17)15-7)11-8(13)3-2-4-9(11)14/h2-4,7H,5-6H2,1H3,(H,15,17). The van der Waals surface area contributed by atoms with Crippen molar-refractivity contribution < 1.29 is 18.4 Å². The fourth-order valence-corrected chi connectivity index (χ4v) is 1.90. The Balaban J connectivity index is 2.42. The van der Waals surface area contributed by atoms with Gasteiger partial charge >= 0.3 is 0 Å². The van der Waals surface area contributed by atoms with E-state index in [0.717, 1.165) is 17.0 Å². The predicted molar refractivity (Wildman–Crippen MR) is 60.9 cm³/mol. The minimum absolute atomic E-state index is 0.0177. The van der Waals surface area contributed by atoms with Gasteiger partial charge in [-0.15, -0.1) is 0 Å². The van der Waals surface area contributed by atoms with E-state index in [4.69, 9.17) is 0 Å². The predicted octanol–water partition coefficient (Wildman–Crippen LogP) is 1.21. The summed E-state index contributed by atoms with van der Waals surface area (Å²) in [6.07, 6.45) is 0.0177. The molecule has 2 rings (SSSR count). The van der Waals surface area contributed by atoms with Gasteiger partial charge in [-0.25, -0.2) is 8.78 Å². The molecule has 1 aromatic carbocycles. The number of hydrogen-bond donors (Lipinski definition) is 1. The average molecular weight is 254 g/mol. The molecule has 18 heavy (non-hydrogen) atoms. The Morgan fingerprint density at radius 2 is 1.89 bits per heavy atom. The lowest BCUT2D eigenvalue weighted by Crippen LogP contribution is -2.43. The van der Waals surface area contributed by atoms with E-state index in [0.29, 0.717) is 0 Å². The van der Waals surface area contributed by atoms with Crippen LogP contribution in [0.1, 0.15) is 13.3 Å². The molecular formula is C12H12F2N2O2. The van der Waals surface area contributed by atoms with Crippen molar-refractivity contribution in [2.45, 2.75) is 19.4 Å². The van der Waals surface area contributed by atoms with Crippen LogP contribution in [0.25, 0.3) is 0 Å². The first-order valence-corrected chi connectivity index (χ1v) is 5.55. The highest BCUT2D eigenvalue weighted by molar-refractivity contribution is 6.01. The van der Waals surface area contributed by atoms with E-state index in [2.05, 4.69) is 5.32 Å². The molecule has 1 aliphatic heterocycles. The SMILES string of the molecule is CC1NC(=O)CCN(c2c(F)cccc2F)C1=O. The third-order valence-corrected chi connectivity index (χ3v) is 2.78. The number of halogens is 2. The molecule has 1 aliphatic rings. The summed E-state index contributed by atoms with van der Waals surface area (Å²) in [6.45, 7) is 1.45. The molecule has 0 bridgehead atoms. The molecule has 1 atom stereocenters. The molecule has 0 aliphatic carbocycles. The molecule has 1 N–H and O–H groups in total. The van der Waals surface area contributed by atoms with Crippen molar-refractivity contribution in [2.24, 2.45) is 0 Å². The van der Waals surface area contributed by atoms with Gasteiger partial charge in [-0.05, 0) is 19.1 Å². The van der Waals surface area contributed by atoms with Gasteiger partial charge in [0.25, 0.3) is 0 Å². The minimum atomic E-state index is -0.815. The lowest BCUT2D eigenvalue weighted by molar-refractivity contribution is -0.125. The zero-order valence-electron chi connectivity index (χ0n) is 9.74. The van der Waals surface area contributed by atoms with E-state index in [1.165, 1.54) is 13.0 Å². The number of amides is 2. The van der Waals surface area contributed by atoms with Crippen LogP contribution in [0.4, 0.5) is 14.5 Å². The smallest absolute Gasteiger partial charge is 0.249 e. The first-order valence-electron chi connectivity index (χ1n) is 5.55. The van der Waals surface area contributed by atoms with E-state index in [-0.39, 0.29) is 18.9 Å². The van der Waals surface area contributed by atoms with Gasteiger partial charge < -0.3 is 10.2 Å². The molecule has 1 fully saturated rings. The third kappa shape index (κ3) is 2.18. The van der Waals surface area contributed by atoms with Crippen LogP contribution in [-0.4, -0.2) is 24.4 Å². The van der Waals surface area contributed by atoms with E-state index in [9.17, 15) is 18.4 Å². The van der Waals surface area contributed by atoms with E-state index < -0.39 is 29.3 Å². The largest absolute Gasteiger partial charge is 0.345 e. The Hall–Kier alpha value is -1.98. The van der Waals surface area contributed by atoms with Crippen molar-refractivity contribution in [1.29, 1.82) is 0 Å². The number of para-hydroxylation sites is 1. The van der Waals surface area contributed by atoms with Crippen LogP contribution < -0.4 is 10.2 Å². The fourth-order valence-electron chi connectivity index (χ4n) is 1.90. The van der Waals surface area contributed by atoms with Gasteiger partial charge in [0.05, 0.1) is 0 Å². The number of benzene rings is 1. The summed E-state index contributed by atoms with van der Waals surface area (Å²) in [5, 5.41) is 2.46. The molecular weight excluding hydrogens is 242 g/mol. The first kappa shape index (κ1) is 12.5. The zero-order chi connectivity index (χ0) is 13.3. The Morgan fingerprint density at radius 3 is 2.50 bits per heavy atom. The van der Waals surface area contributed by atoms with Crippen LogP contribution in [0.2, 0.25) is 0 Å². The minimum Gasteiger partial charge on any atom is -0.345 e. The number of carbonyl (C=O) groups is 2. The molecule has 96 valence electrons. The maximum atomic E-state index is 13.6. The highest BCUT2D eigenvalue weighted by Crippen LogP contribution is 2.24. The molecule has 1 unspecified atom stereocenters. The Bertz CT molecular complexity index is 485. The molecule has 0 saturated carbocycles. The van der Waals surface area contributed by atoms with Crippen molar-refractivity contribution in [3.63, 3.8) is 0 Å². The Kier molecular flexibility index (Phi) is 3.27. The summed E-state index contributed by atoms with van der Waals surface area (Å²) in [6, 6.07) is 2.59. The van der Waals surface area contributed by atoms with Crippen LogP contribution in [0, 0.1) is 11.6 Å². The molecule has 4 nitrogen and oxygen atoms in total. The summed E-state index contributed by atoms with van der Waals surface area (Å²) in [5.74, 6) is -2.46. The normalized spacial score (nSPS) is 20.6. The molecule has 0 radical (unpaired) electrons. The van der Waals surface area contributed by atoms with Crippen LogP contribution >= 0.6 is 0 Å². The summed E-state index contributed by atoms with van der Waals surface area (Å²) in [7, 11) is 0. The molecule has 2 amide bonds. The van der Waals surface area contributed by atoms with Gasteiger partial charge in [-0.3, -0.25) is 9.59 Å². The van der Waals surface area contributed by atoms with Crippen LogP contribution in [0.15, 0.2) is 18.2 Å². The van der Waals surface area contributed by atoms with Crippen LogP contribution in [0.3, 0.4) is 0 Å². The van der Waals surface area contributed by atoms with Crippen molar-refractivity contribution in [2.75, 3.05) is 11.4 Å². The summed E-state index contributed by atoms with van der Waals surface area (Å²) < 4.78 is 27.3. The molecule has 0 aromatic heterocycles. The summed E-state index contributed by atoms with van der Waals surface area (Å²) >= 11 is 0. The molecule has 1 aromatic rings. The average Bonchev–Trinajstić information content (AvgIpc) is 2.42. The molecule has 1 saturated heterocycles. The van der Waals surface area contributed by atoms with Gasteiger partial charge in [0.1, 0.15) is 23.4 Å². The lowest BCUT2D eigenvalue weighted by atomic mass is 10.2. The lowest BCUT2D eigenvalue weighted by Gasteiger charge is -2.23. The van der Waals surface area contributed by atoms with Gasteiger partial charge in [0.2, 0.25) is 11.8 Å². The van der Waals surface area contributed by atoms with Gasteiger partial charge in [-0.2, -0.15) is 0 Å². The van der Waals surface area contributed by atoms with E-state index in [1.807, 2.05) is 0 Å². The zero-order valence-corrected chi connectivity index (χ0v) is 9.74. The number of rotatable bonds is 1. The Labute approximate surface area is 103 Å². The third-order valence-electron chi connectivity index (χ3n) is 2.78. The maximum absolute atomic E-state index is 13.6.